The zero-order valence-electron chi connectivity index (χ0n) is 16.8. The van der Waals surface area contributed by atoms with Gasteiger partial charge in [-0.25, -0.2) is 8.78 Å². The molecule has 1 aliphatic rings. The van der Waals surface area contributed by atoms with Gasteiger partial charge in [-0.1, -0.05) is 19.4 Å². The largest absolute Gasteiger partial charge is 0.396 e. The maximum Gasteiger partial charge on any atom is 0.191 e. The molecule has 0 saturated carbocycles. The van der Waals surface area contributed by atoms with Crippen LogP contribution >= 0.6 is 24.0 Å². The quantitative estimate of drug-likeness (QED) is 0.271. The van der Waals surface area contributed by atoms with Crippen LogP contribution in [0.2, 0.25) is 0 Å². The fourth-order valence-electron chi connectivity index (χ4n) is 3.52. The highest BCUT2D eigenvalue weighted by Gasteiger charge is 2.27. The molecule has 3 N–H and O–H groups in total. The van der Waals surface area contributed by atoms with Crippen molar-refractivity contribution in [2.45, 2.75) is 45.6 Å². The Kier molecular flexibility index (Phi) is 11.7. The molecule has 2 rings (SSSR count). The van der Waals surface area contributed by atoms with Crippen molar-refractivity contribution < 1.29 is 13.9 Å². The number of nitrogens with one attached hydrogen (secondary N) is 2. The molecule has 8 heteroatoms. The number of halogens is 3. The van der Waals surface area contributed by atoms with Crippen molar-refractivity contribution in [3.05, 3.63) is 29.8 Å². The molecule has 2 unspecified atom stereocenters. The predicted octanol–water partition coefficient (Wildman–Crippen LogP) is 3.52. The third-order valence-electron chi connectivity index (χ3n) is 4.87. The molecule has 1 fully saturated rings. The Morgan fingerprint density at radius 1 is 1.29 bits per heavy atom. The molecule has 28 heavy (non-hydrogen) atoms. The number of guanidine groups is 1. The van der Waals surface area contributed by atoms with Crippen LogP contribution < -0.4 is 15.5 Å². The highest BCUT2D eigenvalue weighted by atomic mass is 127. The predicted molar refractivity (Wildman–Crippen MR) is 122 cm³/mol. The monoisotopic (exact) mass is 510 g/mol. The van der Waals surface area contributed by atoms with Crippen LogP contribution in [-0.2, 0) is 0 Å². The summed E-state index contributed by atoms with van der Waals surface area (Å²) in [4.78, 5) is 6.41. The van der Waals surface area contributed by atoms with Gasteiger partial charge in [0.1, 0.15) is 17.3 Å². The molecule has 0 aliphatic carbocycles. The summed E-state index contributed by atoms with van der Waals surface area (Å²) in [7, 11) is 0. The highest BCUT2D eigenvalue weighted by molar-refractivity contribution is 14.0. The van der Waals surface area contributed by atoms with Gasteiger partial charge in [-0.05, 0) is 44.2 Å². The number of anilines is 1. The molecule has 0 bridgehead atoms. The SMILES string of the molecule is CCCC(CCO)CN=C(NCC)NC1CCN(c2c(F)cccc2F)C1.I. The first-order valence-electron chi connectivity index (χ1n) is 9.93. The summed E-state index contributed by atoms with van der Waals surface area (Å²) in [6, 6.07) is 4.04. The van der Waals surface area contributed by atoms with E-state index in [2.05, 4.69) is 22.5 Å². The lowest BCUT2D eigenvalue weighted by molar-refractivity contribution is 0.253. The van der Waals surface area contributed by atoms with Crippen LogP contribution in [0.25, 0.3) is 0 Å². The summed E-state index contributed by atoms with van der Waals surface area (Å²) in [5.41, 5.74) is 0.0506. The molecular formula is C20H33F2IN4O. The molecule has 2 atom stereocenters. The van der Waals surface area contributed by atoms with Gasteiger partial charge in [0.05, 0.1) is 0 Å². The van der Waals surface area contributed by atoms with Gasteiger partial charge < -0.3 is 20.6 Å². The van der Waals surface area contributed by atoms with Crippen molar-refractivity contribution in [1.29, 1.82) is 0 Å². The maximum atomic E-state index is 14.0. The third-order valence-corrected chi connectivity index (χ3v) is 4.87. The number of hydrogen-bond acceptors (Lipinski definition) is 3. The molecule has 0 aromatic heterocycles. The minimum atomic E-state index is -0.525. The second-order valence-corrected chi connectivity index (χ2v) is 7.03. The minimum absolute atomic E-state index is 0. The Balaban J connectivity index is 0.00000392. The number of aliphatic hydroxyl groups is 1. The van der Waals surface area contributed by atoms with Crippen LogP contribution in [-0.4, -0.2) is 49.9 Å². The van der Waals surface area contributed by atoms with Gasteiger partial charge in [0.25, 0.3) is 0 Å². The van der Waals surface area contributed by atoms with Gasteiger partial charge in [0, 0.05) is 38.8 Å². The minimum Gasteiger partial charge on any atom is -0.396 e. The van der Waals surface area contributed by atoms with Crippen molar-refractivity contribution in [1.82, 2.24) is 10.6 Å². The summed E-state index contributed by atoms with van der Waals surface area (Å²) in [6.07, 6.45) is 3.64. The standard InChI is InChI=1S/C20H32F2N4O.HI/c1-3-6-15(10-12-27)13-24-20(23-4-2)25-16-9-11-26(14-16)19-17(21)7-5-8-18(19)22;/h5,7-8,15-16,27H,3-4,6,9-14H2,1-2H3,(H2,23,24,25);1H. The fraction of sp³-hybridized carbons (Fsp3) is 0.650. The van der Waals surface area contributed by atoms with Crippen molar-refractivity contribution in [2.75, 3.05) is 37.7 Å². The molecule has 0 spiro atoms. The van der Waals surface area contributed by atoms with Crippen molar-refractivity contribution in [2.24, 2.45) is 10.9 Å². The van der Waals surface area contributed by atoms with Crippen LogP contribution in [0.4, 0.5) is 14.5 Å². The van der Waals surface area contributed by atoms with Gasteiger partial charge in [0.2, 0.25) is 0 Å². The molecule has 1 aliphatic heterocycles. The number of aliphatic imine (C=N–C) groups is 1. The van der Waals surface area contributed by atoms with E-state index >= 15 is 0 Å². The van der Waals surface area contributed by atoms with Crippen LogP contribution in [0.1, 0.15) is 39.5 Å². The Bertz CT molecular complexity index is 592. The lowest BCUT2D eigenvalue weighted by Crippen LogP contribution is -2.45. The van der Waals surface area contributed by atoms with E-state index in [1.54, 1.807) is 4.90 Å². The van der Waals surface area contributed by atoms with Crippen LogP contribution in [0.15, 0.2) is 23.2 Å². The van der Waals surface area contributed by atoms with Crippen LogP contribution in [0, 0.1) is 17.6 Å². The van der Waals surface area contributed by atoms with Crippen LogP contribution in [0.5, 0.6) is 0 Å². The zero-order chi connectivity index (χ0) is 19.6. The van der Waals surface area contributed by atoms with Gasteiger partial charge in [-0.2, -0.15) is 0 Å². The number of rotatable bonds is 9. The molecule has 1 heterocycles. The molecule has 160 valence electrons. The van der Waals surface area contributed by atoms with Crippen molar-refractivity contribution >= 4 is 35.6 Å². The fourth-order valence-corrected chi connectivity index (χ4v) is 3.52. The average Bonchev–Trinajstić information content (AvgIpc) is 3.08. The summed E-state index contributed by atoms with van der Waals surface area (Å²) in [5.74, 6) is 0.0331. The second-order valence-electron chi connectivity index (χ2n) is 7.03. The molecule has 0 radical (unpaired) electrons. The van der Waals surface area contributed by atoms with E-state index in [1.807, 2.05) is 6.92 Å². The van der Waals surface area contributed by atoms with Gasteiger partial charge >= 0.3 is 0 Å². The van der Waals surface area contributed by atoms with Crippen molar-refractivity contribution in [3.8, 4) is 0 Å². The van der Waals surface area contributed by atoms with Crippen LogP contribution in [0.3, 0.4) is 0 Å². The first kappa shape index (κ1) is 24.9. The summed E-state index contributed by atoms with van der Waals surface area (Å²) >= 11 is 0. The topological polar surface area (TPSA) is 59.9 Å². The highest BCUT2D eigenvalue weighted by Crippen LogP contribution is 2.26. The molecule has 1 aromatic rings. The summed E-state index contributed by atoms with van der Waals surface area (Å²) in [5, 5.41) is 15.8. The zero-order valence-corrected chi connectivity index (χ0v) is 19.1. The van der Waals surface area contributed by atoms with Gasteiger partial charge in [-0.15, -0.1) is 24.0 Å². The Morgan fingerprint density at radius 2 is 2.00 bits per heavy atom. The lowest BCUT2D eigenvalue weighted by Gasteiger charge is -2.21. The molecule has 0 amide bonds. The Morgan fingerprint density at radius 3 is 2.61 bits per heavy atom. The van der Waals surface area contributed by atoms with E-state index in [0.29, 0.717) is 25.6 Å². The molecule has 1 saturated heterocycles. The number of nitrogens with zero attached hydrogens (tertiary/aromatic N) is 2. The Hall–Kier alpha value is -1.16. The maximum absolute atomic E-state index is 14.0. The number of para-hydroxylation sites is 1. The number of hydrogen-bond donors (Lipinski definition) is 3. The summed E-state index contributed by atoms with van der Waals surface area (Å²) in [6.45, 7) is 6.83. The van der Waals surface area contributed by atoms with E-state index in [1.165, 1.54) is 18.2 Å². The number of benzene rings is 1. The van der Waals surface area contributed by atoms with Crippen molar-refractivity contribution in [3.63, 3.8) is 0 Å². The first-order valence-corrected chi connectivity index (χ1v) is 9.93. The second kappa shape index (κ2) is 13.1. The first-order chi connectivity index (χ1) is 13.1. The van der Waals surface area contributed by atoms with E-state index < -0.39 is 11.6 Å². The van der Waals surface area contributed by atoms with E-state index in [-0.39, 0.29) is 42.3 Å². The van der Waals surface area contributed by atoms with Gasteiger partial charge in [0.15, 0.2) is 5.96 Å². The molecular weight excluding hydrogens is 477 g/mol. The van der Waals surface area contributed by atoms with E-state index in [4.69, 9.17) is 0 Å². The van der Waals surface area contributed by atoms with Gasteiger partial charge in [-0.3, -0.25) is 4.99 Å². The molecule has 5 nitrogen and oxygen atoms in total. The van der Waals surface area contributed by atoms with E-state index in [0.717, 1.165) is 38.2 Å². The normalized spacial score (nSPS) is 18.0. The lowest BCUT2D eigenvalue weighted by atomic mass is 10.0. The smallest absolute Gasteiger partial charge is 0.191 e. The third kappa shape index (κ3) is 7.35. The van der Waals surface area contributed by atoms with E-state index in [9.17, 15) is 13.9 Å². The summed E-state index contributed by atoms with van der Waals surface area (Å²) < 4.78 is 28.0. The number of aliphatic hydroxyl groups excluding tert-OH is 1. The Labute approximate surface area is 184 Å². The molecule has 1 aromatic carbocycles. The average molecular weight is 510 g/mol.